The zero-order valence-electron chi connectivity index (χ0n) is 17.9. The van der Waals surface area contributed by atoms with Crippen LogP contribution in [0.4, 0.5) is 0 Å². The fourth-order valence-electron chi connectivity index (χ4n) is 2.97. The number of sulfonamides is 1. The van der Waals surface area contributed by atoms with Gasteiger partial charge in [0.15, 0.2) is 0 Å². The Kier molecular flexibility index (Phi) is 9.10. The van der Waals surface area contributed by atoms with E-state index in [0.29, 0.717) is 21.9 Å². The molecule has 0 fully saturated rings. The molecule has 0 aliphatic heterocycles. The number of carbonyl (C=O) groups excluding carboxylic acids is 1. The van der Waals surface area contributed by atoms with Crippen LogP contribution in [0, 0.1) is 0 Å². The highest BCUT2D eigenvalue weighted by Crippen LogP contribution is 2.25. The summed E-state index contributed by atoms with van der Waals surface area (Å²) in [4.78, 5) is 12.7. The van der Waals surface area contributed by atoms with E-state index in [9.17, 15) is 13.2 Å². The van der Waals surface area contributed by atoms with Crippen molar-refractivity contribution in [3.63, 3.8) is 0 Å². The Morgan fingerprint density at radius 3 is 2.47 bits per heavy atom. The molecule has 3 rings (SSSR count). The highest BCUT2D eigenvalue weighted by atomic mass is 79.9. The van der Waals surface area contributed by atoms with Crippen molar-refractivity contribution in [2.24, 2.45) is 5.10 Å². The third-order valence-corrected chi connectivity index (χ3v) is 7.72. The van der Waals surface area contributed by atoms with Crippen molar-refractivity contribution in [3.05, 3.63) is 92.4 Å². The van der Waals surface area contributed by atoms with Crippen molar-refractivity contribution in [2.45, 2.75) is 11.4 Å². The van der Waals surface area contributed by atoms with E-state index in [4.69, 9.17) is 27.9 Å². The number of hydrogen-bond acceptors (Lipinski definition) is 5. The van der Waals surface area contributed by atoms with E-state index in [2.05, 4.69) is 26.5 Å². The van der Waals surface area contributed by atoms with Gasteiger partial charge in [-0.2, -0.15) is 9.41 Å². The molecule has 0 aliphatic carbocycles. The second-order valence-corrected chi connectivity index (χ2v) is 10.7. The Hall–Kier alpha value is -2.43. The number of carbonyl (C=O) groups is 1. The van der Waals surface area contributed by atoms with Gasteiger partial charge in [0, 0.05) is 16.6 Å². The number of nitrogens with zero attached hydrogens (tertiary/aromatic N) is 2. The Balaban J connectivity index is 1.82. The van der Waals surface area contributed by atoms with Gasteiger partial charge in [0.25, 0.3) is 5.91 Å². The summed E-state index contributed by atoms with van der Waals surface area (Å²) in [5.74, 6) is -0.0357. The molecule has 0 spiro atoms. The molecule has 178 valence electrons. The Morgan fingerprint density at radius 1 is 1.09 bits per heavy atom. The number of amides is 1. The summed E-state index contributed by atoms with van der Waals surface area (Å²) in [5, 5.41) is 4.56. The van der Waals surface area contributed by atoms with E-state index in [1.807, 2.05) is 6.07 Å². The minimum Gasteiger partial charge on any atom is -0.496 e. The standard InChI is InChI=1S/C23H20BrCl2N3O4S/c1-33-22-5-3-2-4-17(22)13-27-28-23(30)15-29(14-16-6-11-20(25)21(26)12-16)34(31,32)19-9-7-18(24)8-10-19/h2-13H,14-15H2,1H3,(H,28,30)/b27-13+. The zero-order chi connectivity index (χ0) is 24.7. The summed E-state index contributed by atoms with van der Waals surface area (Å²) in [6.07, 6.45) is 1.42. The molecule has 1 amide bonds. The molecule has 0 saturated carbocycles. The van der Waals surface area contributed by atoms with E-state index in [1.165, 1.54) is 25.5 Å². The number of ether oxygens (including phenoxy) is 1. The lowest BCUT2D eigenvalue weighted by molar-refractivity contribution is -0.121. The quantitative estimate of drug-likeness (QED) is 0.280. The highest BCUT2D eigenvalue weighted by Gasteiger charge is 2.27. The molecule has 1 N–H and O–H groups in total. The average molecular weight is 585 g/mol. The lowest BCUT2D eigenvalue weighted by atomic mass is 10.2. The molecule has 7 nitrogen and oxygen atoms in total. The van der Waals surface area contributed by atoms with Crippen LogP contribution in [-0.2, 0) is 21.4 Å². The summed E-state index contributed by atoms with van der Waals surface area (Å²) in [5.41, 5.74) is 3.59. The number of rotatable bonds is 9. The predicted molar refractivity (Wildman–Crippen MR) is 137 cm³/mol. The first-order valence-electron chi connectivity index (χ1n) is 9.85. The SMILES string of the molecule is COc1ccccc1/C=N/NC(=O)CN(Cc1ccc(Cl)c(Cl)c1)S(=O)(=O)c1ccc(Br)cc1. The molecule has 0 saturated heterocycles. The van der Waals surface area contributed by atoms with E-state index in [0.717, 1.165) is 8.78 Å². The van der Waals surface area contributed by atoms with Gasteiger partial charge < -0.3 is 4.74 Å². The molecule has 0 aromatic heterocycles. The van der Waals surface area contributed by atoms with E-state index >= 15 is 0 Å². The number of benzene rings is 3. The van der Waals surface area contributed by atoms with Crippen LogP contribution in [0.15, 0.2) is 81.2 Å². The summed E-state index contributed by atoms with van der Waals surface area (Å²) in [7, 11) is -2.49. The number of hydrogen-bond donors (Lipinski definition) is 1. The second-order valence-electron chi connectivity index (χ2n) is 7.01. The largest absolute Gasteiger partial charge is 0.496 e. The molecular formula is C23H20BrCl2N3O4S. The molecule has 0 heterocycles. The van der Waals surface area contributed by atoms with Gasteiger partial charge >= 0.3 is 0 Å². The van der Waals surface area contributed by atoms with Crippen LogP contribution in [0.1, 0.15) is 11.1 Å². The monoisotopic (exact) mass is 583 g/mol. The van der Waals surface area contributed by atoms with Gasteiger partial charge in [-0.25, -0.2) is 13.8 Å². The third kappa shape index (κ3) is 6.80. The summed E-state index contributed by atoms with van der Waals surface area (Å²) < 4.78 is 33.7. The highest BCUT2D eigenvalue weighted by molar-refractivity contribution is 9.10. The number of methoxy groups -OCH3 is 1. The minimum absolute atomic E-state index is 0.0427. The van der Waals surface area contributed by atoms with Crippen LogP contribution in [0.3, 0.4) is 0 Å². The zero-order valence-corrected chi connectivity index (χ0v) is 21.8. The molecule has 3 aromatic carbocycles. The molecule has 0 atom stereocenters. The molecular weight excluding hydrogens is 565 g/mol. The van der Waals surface area contributed by atoms with Gasteiger partial charge in [0.2, 0.25) is 10.0 Å². The first-order valence-corrected chi connectivity index (χ1v) is 12.8. The van der Waals surface area contributed by atoms with Crippen LogP contribution in [-0.4, -0.2) is 38.5 Å². The third-order valence-electron chi connectivity index (χ3n) is 4.65. The fourth-order valence-corrected chi connectivity index (χ4v) is 4.93. The molecule has 0 unspecified atom stereocenters. The molecule has 11 heteroatoms. The molecule has 0 radical (unpaired) electrons. The van der Waals surface area contributed by atoms with Crippen LogP contribution < -0.4 is 10.2 Å². The van der Waals surface area contributed by atoms with Gasteiger partial charge in [-0.15, -0.1) is 0 Å². The Labute approximate surface area is 216 Å². The molecule has 3 aromatic rings. The summed E-state index contributed by atoms with van der Waals surface area (Å²) in [6.45, 7) is -0.569. The number of para-hydroxylation sites is 1. The van der Waals surface area contributed by atoms with Crippen molar-refractivity contribution in [1.82, 2.24) is 9.73 Å². The van der Waals surface area contributed by atoms with E-state index in [-0.39, 0.29) is 16.5 Å². The van der Waals surface area contributed by atoms with E-state index < -0.39 is 22.5 Å². The normalized spacial score (nSPS) is 11.7. The number of nitrogens with one attached hydrogen (secondary N) is 1. The van der Waals surface area contributed by atoms with Crippen LogP contribution in [0.25, 0.3) is 0 Å². The van der Waals surface area contributed by atoms with Gasteiger partial charge in [-0.05, 0) is 54.1 Å². The summed E-state index contributed by atoms with van der Waals surface area (Å²) in [6, 6.07) is 18.1. The first kappa shape index (κ1) is 26.2. The topological polar surface area (TPSA) is 88.1 Å². The second kappa shape index (κ2) is 11.8. The maximum Gasteiger partial charge on any atom is 0.255 e. The van der Waals surface area contributed by atoms with Crippen molar-refractivity contribution in [2.75, 3.05) is 13.7 Å². The van der Waals surface area contributed by atoms with Gasteiger partial charge in [0.1, 0.15) is 5.75 Å². The van der Waals surface area contributed by atoms with Crippen molar-refractivity contribution >= 4 is 61.3 Å². The first-order chi connectivity index (χ1) is 16.2. The maximum atomic E-state index is 13.3. The Morgan fingerprint density at radius 2 is 1.79 bits per heavy atom. The lowest BCUT2D eigenvalue weighted by Gasteiger charge is -2.22. The van der Waals surface area contributed by atoms with E-state index in [1.54, 1.807) is 48.5 Å². The van der Waals surface area contributed by atoms with Gasteiger partial charge in [0.05, 0.1) is 34.8 Å². The van der Waals surface area contributed by atoms with Crippen molar-refractivity contribution < 1.29 is 17.9 Å². The Bertz CT molecular complexity index is 1300. The minimum atomic E-state index is -4.02. The van der Waals surface area contributed by atoms with Crippen LogP contribution in [0.5, 0.6) is 5.75 Å². The van der Waals surface area contributed by atoms with Crippen LogP contribution in [0.2, 0.25) is 10.0 Å². The predicted octanol–water partition coefficient (Wildman–Crippen LogP) is 5.11. The number of hydrazone groups is 1. The molecule has 0 aliphatic rings. The number of halogens is 3. The maximum absolute atomic E-state index is 13.3. The van der Waals surface area contributed by atoms with Crippen LogP contribution >= 0.6 is 39.1 Å². The molecule has 0 bridgehead atoms. The van der Waals surface area contributed by atoms with Gasteiger partial charge in [-0.3, -0.25) is 4.79 Å². The smallest absolute Gasteiger partial charge is 0.255 e. The van der Waals surface area contributed by atoms with Gasteiger partial charge in [-0.1, -0.05) is 57.3 Å². The average Bonchev–Trinajstić information content (AvgIpc) is 2.81. The fraction of sp³-hybridized carbons (Fsp3) is 0.130. The van der Waals surface area contributed by atoms with Crippen molar-refractivity contribution in [1.29, 1.82) is 0 Å². The lowest BCUT2D eigenvalue weighted by Crippen LogP contribution is -2.39. The van der Waals surface area contributed by atoms with Crippen molar-refractivity contribution in [3.8, 4) is 5.75 Å². The summed E-state index contributed by atoms with van der Waals surface area (Å²) >= 11 is 15.4. The molecule has 34 heavy (non-hydrogen) atoms.